The van der Waals surface area contributed by atoms with E-state index in [2.05, 4.69) is 14.7 Å². The maximum absolute atomic E-state index is 11.3. The molecule has 0 aliphatic heterocycles. The van der Waals surface area contributed by atoms with Crippen LogP contribution in [0.2, 0.25) is 0 Å². The van der Waals surface area contributed by atoms with Crippen molar-refractivity contribution in [2.45, 2.75) is 0 Å². The van der Waals surface area contributed by atoms with Gasteiger partial charge in [-0.25, -0.2) is 4.98 Å². The lowest BCUT2D eigenvalue weighted by Gasteiger charge is -2.08. The largest absolute Gasteiger partial charge is 0.317 e. The third-order valence-corrected chi connectivity index (χ3v) is 3.34. The van der Waals surface area contributed by atoms with Crippen molar-refractivity contribution in [2.24, 2.45) is 5.14 Å². The summed E-state index contributed by atoms with van der Waals surface area (Å²) in [6.45, 7) is 0. The summed E-state index contributed by atoms with van der Waals surface area (Å²) < 4.78 is 3.00. The smallest absolute Gasteiger partial charge is 0.249 e. The van der Waals surface area contributed by atoms with Gasteiger partial charge in [0, 0.05) is 35.5 Å². The molecule has 1 aromatic carbocycles. The molecule has 0 unspecified atom stereocenters. The molecule has 5 nitrogen and oxygen atoms in total. The normalized spacial score (nSPS) is 10.7. The van der Waals surface area contributed by atoms with Crippen LogP contribution in [0, 0.1) is 0 Å². The summed E-state index contributed by atoms with van der Waals surface area (Å²) in [5, 5.41) is 6.32. The number of benzene rings is 1. The number of pyridine rings is 2. The average molecular weight is 284 g/mol. The summed E-state index contributed by atoms with van der Waals surface area (Å²) in [4.78, 5) is 18.3. The van der Waals surface area contributed by atoms with Crippen molar-refractivity contribution in [3.05, 3.63) is 59.0 Å². The lowest BCUT2D eigenvalue weighted by Crippen LogP contribution is -2.03. The number of hydrogen-bond donors (Lipinski definition) is 3. The van der Waals surface area contributed by atoms with E-state index in [9.17, 15) is 4.79 Å². The number of nitrogens with zero attached hydrogens (tertiary/aromatic N) is 1. The van der Waals surface area contributed by atoms with Gasteiger partial charge < -0.3 is 9.71 Å². The zero-order chi connectivity index (χ0) is 13.9. The van der Waals surface area contributed by atoms with Crippen LogP contribution in [0.5, 0.6) is 0 Å². The highest BCUT2D eigenvalue weighted by Gasteiger charge is 2.05. The third kappa shape index (κ3) is 2.38. The van der Waals surface area contributed by atoms with E-state index in [0.29, 0.717) is 5.65 Å². The third-order valence-electron chi connectivity index (χ3n) is 2.98. The molecule has 0 fully saturated rings. The Kier molecular flexibility index (Phi) is 3.41. The molecule has 6 heteroatoms. The Hall–Kier alpha value is -2.31. The van der Waals surface area contributed by atoms with E-state index in [0.717, 1.165) is 34.3 Å². The van der Waals surface area contributed by atoms with Gasteiger partial charge in [0.2, 0.25) is 5.56 Å². The molecule has 0 aliphatic rings. The first-order valence-corrected chi connectivity index (χ1v) is 6.86. The van der Waals surface area contributed by atoms with E-state index in [4.69, 9.17) is 5.14 Å². The zero-order valence-corrected chi connectivity index (χ0v) is 11.3. The average Bonchev–Trinajstić information content (AvgIpc) is 2.47. The second kappa shape index (κ2) is 5.36. The summed E-state index contributed by atoms with van der Waals surface area (Å²) in [5.74, 6) is 0. The Bertz CT molecular complexity index is 815. The number of hydrogen-bond acceptors (Lipinski definition) is 5. The molecule has 0 saturated carbocycles. The first kappa shape index (κ1) is 12.7. The Labute approximate surface area is 119 Å². The number of nitrogens with one attached hydrogen (secondary N) is 2. The first-order valence-electron chi connectivity index (χ1n) is 5.98. The molecule has 0 amide bonds. The minimum Gasteiger partial charge on any atom is -0.317 e. The lowest BCUT2D eigenvalue weighted by molar-refractivity contribution is 1.23. The first-order chi connectivity index (χ1) is 9.78. The van der Waals surface area contributed by atoms with Gasteiger partial charge in [-0.3, -0.25) is 9.93 Å². The Morgan fingerprint density at radius 3 is 2.95 bits per heavy atom. The van der Waals surface area contributed by atoms with Crippen molar-refractivity contribution < 1.29 is 0 Å². The molecule has 0 radical (unpaired) electrons. The summed E-state index contributed by atoms with van der Waals surface area (Å²) >= 11 is 1.05. The van der Waals surface area contributed by atoms with Crippen molar-refractivity contribution in [1.29, 1.82) is 0 Å². The van der Waals surface area contributed by atoms with Gasteiger partial charge in [0.1, 0.15) is 5.65 Å². The van der Waals surface area contributed by atoms with Crippen LogP contribution in [-0.2, 0) is 0 Å². The summed E-state index contributed by atoms with van der Waals surface area (Å²) in [6, 6.07) is 13.1. The quantitative estimate of drug-likeness (QED) is 0.644. The van der Waals surface area contributed by atoms with E-state index < -0.39 is 0 Å². The van der Waals surface area contributed by atoms with Crippen LogP contribution in [0.25, 0.3) is 22.2 Å². The van der Waals surface area contributed by atoms with Gasteiger partial charge >= 0.3 is 0 Å². The molecule has 4 N–H and O–H groups in total. The number of aromatic amines is 1. The van der Waals surface area contributed by atoms with Crippen LogP contribution < -0.4 is 15.4 Å². The second-order valence-corrected chi connectivity index (χ2v) is 4.68. The van der Waals surface area contributed by atoms with E-state index in [1.807, 2.05) is 30.3 Å². The minimum absolute atomic E-state index is 0.155. The maximum atomic E-state index is 11.3. The van der Waals surface area contributed by atoms with Gasteiger partial charge in [0.25, 0.3) is 0 Å². The number of rotatable bonds is 3. The van der Waals surface area contributed by atoms with Crippen LogP contribution in [0.15, 0.2) is 53.5 Å². The number of nitrogens with two attached hydrogens (primary N) is 1. The van der Waals surface area contributed by atoms with Gasteiger partial charge in [0.15, 0.2) is 0 Å². The Morgan fingerprint density at radius 2 is 2.10 bits per heavy atom. The van der Waals surface area contributed by atoms with Crippen molar-refractivity contribution in [3.63, 3.8) is 0 Å². The van der Waals surface area contributed by atoms with Crippen LogP contribution in [0.1, 0.15) is 0 Å². The number of fused-ring (bicyclic) bond motifs is 1. The van der Waals surface area contributed by atoms with Gasteiger partial charge in [-0.1, -0.05) is 12.1 Å². The Morgan fingerprint density at radius 1 is 1.20 bits per heavy atom. The van der Waals surface area contributed by atoms with E-state index in [-0.39, 0.29) is 5.56 Å². The molecule has 100 valence electrons. The second-order valence-electron chi connectivity index (χ2n) is 4.24. The van der Waals surface area contributed by atoms with Gasteiger partial charge in [-0.15, -0.1) is 0 Å². The van der Waals surface area contributed by atoms with Crippen molar-refractivity contribution in [3.8, 4) is 11.1 Å². The summed E-state index contributed by atoms with van der Waals surface area (Å²) in [6.07, 6.45) is 1.69. The molecule has 3 aromatic rings. The zero-order valence-electron chi connectivity index (χ0n) is 10.5. The minimum atomic E-state index is -0.155. The molecule has 0 saturated heterocycles. The predicted molar refractivity (Wildman–Crippen MR) is 83.2 cm³/mol. The van der Waals surface area contributed by atoms with Crippen LogP contribution in [0.3, 0.4) is 0 Å². The van der Waals surface area contributed by atoms with Crippen molar-refractivity contribution in [2.75, 3.05) is 4.72 Å². The van der Waals surface area contributed by atoms with Gasteiger partial charge in [0.05, 0.1) is 0 Å². The Balaban J connectivity index is 2.19. The predicted octanol–water partition coefficient (Wildman–Crippen LogP) is 2.52. The highest BCUT2D eigenvalue weighted by molar-refractivity contribution is 7.98. The van der Waals surface area contributed by atoms with Gasteiger partial charge in [-0.2, -0.15) is 0 Å². The maximum Gasteiger partial charge on any atom is 0.249 e. The number of anilines is 1. The highest BCUT2D eigenvalue weighted by Crippen LogP contribution is 2.28. The molecule has 2 heterocycles. The van der Waals surface area contributed by atoms with E-state index in [1.165, 1.54) is 6.07 Å². The molecular formula is C14H12N4OS. The lowest BCUT2D eigenvalue weighted by atomic mass is 10.0. The van der Waals surface area contributed by atoms with E-state index in [1.54, 1.807) is 12.3 Å². The van der Waals surface area contributed by atoms with E-state index >= 15 is 0 Å². The fourth-order valence-corrected chi connectivity index (χ4v) is 2.39. The van der Waals surface area contributed by atoms with Crippen LogP contribution >= 0.6 is 12.1 Å². The number of H-pyrrole nitrogens is 1. The molecule has 2 aromatic heterocycles. The molecule has 20 heavy (non-hydrogen) atoms. The summed E-state index contributed by atoms with van der Waals surface area (Å²) in [5.41, 5.74) is 3.39. The molecule has 0 bridgehead atoms. The number of aromatic nitrogens is 2. The molecule has 0 spiro atoms. The fraction of sp³-hybridized carbons (Fsp3) is 0. The monoisotopic (exact) mass is 284 g/mol. The van der Waals surface area contributed by atoms with Crippen molar-refractivity contribution >= 4 is 28.9 Å². The van der Waals surface area contributed by atoms with Gasteiger partial charge in [-0.05, 0) is 35.4 Å². The fourth-order valence-electron chi connectivity index (χ4n) is 2.13. The standard InChI is InChI=1S/C14H12N4OS/c15-20-18-10-3-1-2-9(8-10)11-6-7-16-14-12(11)4-5-13(19)17-14/h1-8,18H,15H2,(H,16,17,19). The van der Waals surface area contributed by atoms with Crippen LogP contribution in [-0.4, -0.2) is 9.97 Å². The van der Waals surface area contributed by atoms with Crippen LogP contribution in [0.4, 0.5) is 5.69 Å². The molecule has 0 aliphatic carbocycles. The highest BCUT2D eigenvalue weighted by atomic mass is 32.2. The molecular weight excluding hydrogens is 272 g/mol. The molecule has 3 rings (SSSR count). The topological polar surface area (TPSA) is 83.8 Å². The summed E-state index contributed by atoms with van der Waals surface area (Å²) in [7, 11) is 0. The SMILES string of the molecule is NSNc1cccc(-c2ccnc3[nH]c(=O)ccc23)c1. The van der Waals surface area contributed by atoms with Crippen molar-refractivity contribution in [1.82, 2.24) is 9.97 Å². The molecule has 0 atom stereocenters.